The molecule has 0 aliphatic heterocycles. The molecule has 0 bridgehead atoms. The molecular formula is C14H19BrFN. The van der Waals surface area contributed by atoms with Gasteiger partial charge < -0.3 is 5.32 Å². The smallest absolute Gasteiger partial charge is 0.124 e. The Hall–Kier alpha value is -0.570. The minimum absolute atomic E-state index is 0.201. The van der Waals surface area contributed by atoms with Gasteiger partial charge in [-0.2, -0.15) is 0 Å². The van der Waals surface area contributed by atoms with Crippen LogP contribution in [0.4, 0.5) is 10.1 Å². The van der Waals surface area contributed by atoms with Gasteiger partial charge in [0.2, 0.25) is 0 Å². The van der Waals surface area contributed by atoms with Crippen molar-refractivity contribution in [3.63, 3.8) is 0 Å². The summed E-state index contributed by atoms with van der Waals surface area (Å²) in [7, 11) is 0. The first-order chi connectivity index (χ1) is 8.04. The highest BCUT2D eigenvalue weighted by molar-refractivity contribution is 9.10. The van der Waals surface area contributed by atoms with E-state index in [1.807, 2.05) is 6.07 Å². The van der Waals surface area contributed by atoms with Crippen molar-refractivity contribution in [3.05, 3.63) is 28.5 Å². The number of benzene rings is 1. The number of anilines is 1. The standard InChI is InChI=1S/C14H19BrFN/c1-9-5-10(2)7-12(6-9)17-14-4-3-11(16)8-13(14)15/h3-4,8-10,12,17H,5-7H2,1-2H3. The normalized spacial score (nSPS) is 29.1. The molecule has 0 spiro atoms. The Morgan fingerprint density at radius 2 is 1.82 bits per heavy atom. The van der Waals surface area contributed by atoms with Gasteiger partial charge in [-0.1, -0.05) is 13.8 Å². The van der Waals surface area contributed by atoms with E-state index in [1.165, 1.54) is 31.4 Å². The molecule has 1 aliphatic rings. The Kier molecular flexibility index (Phi) is 4.08. The highest BCUT2D eigenvalue weighted by Crippen LogP contribution is 2.32. The molecule has 2 rings (SSSR count). The molecule has 1 fully saturated rings. The van der Waals surface area contributed by atoms with Crippen molar-refractivity contribution in [2.24, 2.45) is 11.8 Å². The maximum Gasteiger partial charge on any atom is 0.124 e. The van der Waals surface area contributed by atoms with Crippen molar-refractivity contribution < 1.29 is 4.39 Å². The van der Waals surface area contributed by atoms with Crippen molar-refractivity contribution in [2.45, 2.75) is 39.2 Å². The topological polar surface area (TPSA) is 12.0 Å². The third-order valence-electron chi connectivity index (χ3n) is 3.47. The third kappa shape index (κ3) is 3.44. The van der Waals surface area contributed by atoms with Crippen LogP contribution in [0.3, 0.4) is 0 Å². The van der Waals surface area contributed by atoms with Crippen molar-refractivity contribution in [1.82, 2.24) is 0 Å². The lowest BCUT2D eigenvalue weighted by molar-refractivity contribution is 0.281. The van der Waals surface area contributed by atoms with Gasteiger partial charge in [0.05, 0.1) is 0 Å². The summed E-state index contributed by atoms with van der Waals surface area (Å²) in [5, 5.41) is 3.52. The van der Waals surface area contributed by atoms with E-state index in [0.717, 1.165) is 22.0 Å². The summed E-state index contributed by atoms with van der Waals surface area (Å²) >= 11 is 3.40. The van der Waals surface area contributed by atoms with Gasteiger partial charge in [0.1, 0.15) is 5.82 Å². The van der Waals surface area contributed by atoms with E-state index in [0.29, 0.717) is 6.04 Å². The predicted molar refractivity (Wildman–Crippen MR) is 73.7 cm³/mol. The zero-order valence-corrected chi connectivity index (χ0v) is 11.9. The summed E-state index contributed by atoms with van der Waals surface area (Å²) in [5.74, 6) is 1.35. The lowest BCUT2D eigenvalue weighted by atomic mass is 9.80. The maximum atomic E-state index is 13.0. The van der Waals surface area contributed by atoms with E-state index in [4.69, 9.17) is 0 Å². The highest BCUT2D eigenvalue weighted by atomic mass is 79.9. The first-order valence-corrected chi connectivity index (χ1v) is 7.05. The van der Waals surface area contributed by atoms with Crippen LogP contribution in [0.1, 0.15) is 33.1 Å². The fraction of sp³-hybridized carbons (Fsp3) is 0.571. The molecule has 0 heterocycles. The van der Waals surface area contributed by atoms with E-state index >= 15 is 0 Å². The predicted octanol–water partition coefficient (Wildman–Crippen LogP) is 4.82. The zero-order chi connectivity index (χ0) is 12.4. The molecule has 1 aromatic rings. The van der Waals surface area contributed by atoms with Crippen molar-refractivity contribution in [3.8, 4) is 0 Å². The lowest BCUT2D eigenvalue weighted by Crippen LogP contribution is -2.30. The Balaban J connectivity index is 2.04. The van der Waals surface area contributed by atoms with Crippen LogP contribution in [-0.4, -0.2) is 6.04 Å². The van der Waals surface area contributed by atoms with Gasteiger partial charge in [-0.15, -0.1) is 0 Å². The summed E-state index contributed by atoms with van der Waals surface area (Å²) in [6.07, 6.45) is 3.73. The van der Waals surface area contributed by atoms with Gasteiger partial charge >= 0.3 is 0 Å². The molecule has 0 aromatic heterocycles. The van der Waals surface area contributed by atoms with Gasteiger partial charge in [-0.3, -0.25) is 0 Å². The Bertz CT molecular complexity index is 384. The molecule has 2 unspecified atom stereocenters. The molecule has 1 aromatic carbocycles. The quantitative estimate of drug-likeness (QED) is 0.825. The van der Waals surface area contributed by atoms with Crippen LogP contribution >= 0.6 is 15.9 Å². The van der Waals surface area contributed by atoms with Crippen LogP contribution in [0.15, 0.2) is 22.7 Å². The number of halogens is 2. The average Bonchev–Trinajstić information content (AvgIpc) is 2.21. The maximum absolute atomic E-state index is 13.0. The van der Waals surface area contributed by atoms with E-state index in [-0.39, 0.29) is 5.82 Å². The summed E-state index contributed by atoms with van der Waals surface area (Å²) < 4.78 is 13.8. The number of hydrogen-bond acceptors (Lipinski definition) is 1. The molecule has 1 saturated carbocycles. The Labute approximate surface area is 111 Å². The molecular weight excluding hydrogens is 281 g/mol. The first kappa shape index (κ1) is 12.9. The highest BCUT2D eigenvalue weighted by Gasteiger charge is 2.24. The molecule has 3 heteroatoms. The van der Waals surface area contributed by atoms with E-state index in [9.17, 15) is 4.39 Å². The Morgan fingerprint density at radius 1 is 1.18 bits per heavy atom. The minimum atomic E-state index is -0.201. The number of hydrogen-bond donors (Lipinski definition) is 1. The van der Waals surface area contributed by atoms with Crippen molar-refractivity contribution in [2.75, 3.05) is 5.32 Å². The van der Waals surface area contributed by atoms with Crippen LogP contribution in [0.2, 0.25) is 0 Å². The molecule has 1 aliphatic carbocycles. The number of rotatable bonds is 2. The Morgan fingerprint density at radius 3 is 2.41 bits per heavy atom. The molecule has 0 saturated heterocycles. The molecule has 1 nitrogen and oxygen atoms in total. The van der Waals surface area contributed by atoms with Gasteiger partial charge in [0.25, 0.3) is 0 Å². The fourth-order valence-electron chi connectivity index (χ4n) is 2.89. The molecule has 2 atom stereocenters. The van der Waals surface area contributed by atoms with Crippen molar-refractivity contribution >= 4 is 21.6 Å². The SMILES string of the molecule is CC1CC(C)CC(Nc2ccc(F)cc2Br)C1. The fourth-order valence-corrected chi connectivity index (χ4v) is 3.36. The third-order valence-corrected chi connectivity index (χ3v) is 4.13. The van der Waals surface area contributed by atoms with Gasteiger partial charge in [0.15, 0.2) is 0 Å². The van der Waals surface area contributed by atoms with Crippen LogP contribution < -0.4 is 5.32 Å². The molecule has 0 radical (unpaired) electrons. The van der Waals surface area contributed by atoms with E-state index in [2.05, 4.69) is 35.1 Å². The largest absolute Gasteiger partial charge is 0.381 e. The van der Waals surface area contributed by atoms with Crippen LogP contribution in [0, 0.1) is 17.7 Å². The van der Waals surface area contributed by atoms with Crippen LogP contribution in [0.25, 0.3) is 0 Å². The lowest BCUT2D eigenvalue weighted by Gasteiger charge is -2.32. The first-order valence-electron chi connectivity index (χ1n) is 6.26. The second-order valence-corrected chi connectivity index (χ2v) is 6.24. The van der Waals surface area contributed by atoms with E-state index < -0.39 is 0 Å². The van der Waals surface area contributed by atoms with Crippen LogP contribution in [-0.2, 0) is 0 Å². The van der Waals surface area contributed by atoms with Gasteiger partial charge in [-0.05, 0) is 65.2 Å². The second kappa shape index (κ2) is 5.38. The monoisotopic (exact) mass is 299 g/mol. The van der Waals surface area contributed by atoms with E-state index in [1.54, 1.807) is 0 Å². The van der Waals surface area contributed by atoms with Crippen LogP contribution in [0.5, 0.6) is 0 Å². The summed E-state index contributed by atoms with van der Waals surface area (Å²) in [4.78, 5) is 0. The second-order valence-electron chi connectivity index (χ2n) is 5.38. The summed E-state index contributed by atoms with van der Waals surface area (Å²) in [5.41, 5.74) is 0.998. The molecule has 0 amide bonds. The minimum Gasteiger partial charge on any atom is -0.381 e. The molecule has 94 valence electrons. The average molecular weight is 300 g/mol. The summed E-state index contributed by atoms with van der Waals surface area (Å²) in [6, 6.07) is 5.33. The number of nitrogens with one attached hydrogen (secondary N) is 1. The van der Waals surface area contributed by atoms with Gasteiger partial charge in [0, 0.05) is 16.2 Å². The molecule has 1 N–H and O–H groups in total. The van der Waals surface area contributed by atoms with Crippen molar-refractivity contribution in [1.29, 1.82) is 0 Å². The summed E-state index contributed by atoms with van der Waals surface area (Å²) in [6.45, 7) is 4.62. The molecule has 17 heavy (non-hydrogen) atoms. The van der Waals surface area contributed by atoms with Gasteiger partial charge in [-0.25, -0.2) is 4.39 Å². The zero-order valence-electron chi connectivity index (χ0n) is 10.3.